The van der Waals surface area contributed by atoms with Crippen LogP contribution in [0.5, 0.6) is 0 Å². The third-order valence-electron chi connectivity index (χ3n) is 5.68. The molecule has 2 aliphatic carbocycles. The van der Waals surface area contributed by atoms with Crippen molar-refractivity contribution in [3.05, 3.63) is 29.8 Å². The van der Waals surface area contributed by atoms with E-state index in [-0.39, 0.29) is 36.0 Å². The van der Waals surface area contributed by atoms with Gasteiger partial charge in [-0.25, -0.2) is 13.1 Å². The van der Waals surface area contributed by atoms with Gasteiger partial charge in [0.05, 0.1) is 11.5 Å². The summed E-state index contributed by atoms with van der Waals surface area (Å²) in [7, 11) is -2.16. The van der Waals surface area contributed by atoms with Gasteiger partial charge in [0.15, 0.2) is 0 Å². The number of nitrogens with one attached hydrogen (secondary N) is 2. The zero-order chi connectivity index (χ0) is 19.4. The van der Waals surface area contributed by atoms with Crippen LogP contribution in [0.2, 0.25) is 0 Å². The van der Waals surface area contributed by atoms with E-state index in [1.807, 2.05) is 0 Å². The molecular weight excluding hydrogens is 366 g/mol. The van der Waals surface area contributed by atoms with Crippen molar-refractivity contribution in [2.75, 3.05) is 20.3 Å². The summed E-state index contributed by atoms with van der Waals surface area (Å²) in [6.45, 7) is 0.465. The number of nitrogens with two attached hydrogens (primary N) is 1. The number of sulfonamides is 1. The molecule has 2 saturated carbocycles. The van der Waals surface area contributed by atoms with E-state index in [1.165, 1.54) is 25.7 Å². The Morgan fingerprint density at radius 3 is 2.63 bits per heavy atom. The lowest BCUT2D eigenvalue weighted by molar-refractivity contribution is 0.0756. The molecule has 0 aromatic heterocycles. The lowest BCUT2D eigenvalue weighted by Gasteiger charge is -2.45. The van der Waals surface area contributed by atoms with Gasteiger partial charge in [-0.1, -0.05) is 12.5 Å². The van der Waals surface area contributed by atoms with E-state index in [9.17, 15) is 13.2 Å². The maximum absolute atomic E-state index is 12.8. The average molecular weight is 396 g/mol. The fourth-order valence-corrected chi connectivity index (χ4v) is 5.48. The Balaban J connectivity index is 1.70. The first-order chi connectivity index (χ1) is 12.9. The van der Waals surface area contributed by atoms with Gasteiger partial charge in [-0.15, -0.1) is 0 Å². The van der Waals surface area contributed by atoms with Gasteiger partial charge in [0.2, 0.25) is 10.0 Å². The maximum atomic E-state index is 12.8. The molecule has 1 aromatic rings. The van der Waals surface area contributed by atoms with Crippen LogP contribution in [0, 0.1) is 11.8 Å². The summed E-state index contributed by atoms with van der Waals surface area (Å²) < 4.78 is 32.0. The van der Waals surface area contributed by atoms with Crippen molar-refractivity contribution in [2.24, 2.45) is 17.6 Å². The van der Waals surface area contributed by atoms with Crippen molar-refractivity contribution in [1.29, 1.82) is 0 Å². The molecule has 2 bridgehead atoms. The highest BCUT2D eigenvalue weighted by molar-refractivity contribution is 7.89. The van der Waals surface area contributed by atoms with E-state index in [2.05, 4.69) is 10.0 Å². The normalized spacial score (nSPS) is 27.9. The Labute approximate surface area is 161 Å². The minimum atomic E-state index is -3.67. The lowest BCUT2D eigenvalue weighted by atomic mass is 9.67. The van der Waals surface area contributed by atoms with Gasteiger partial charge in [-0.3, -0.25) is 4.79 Å². The van der Waals surface area contributed by atoms with Crippen molar-refractivity contribution in [2.45, 2.75) is 49.1 Å². The molecule has 2 atom stereocenters. The number of rotatable bonds is 7. The third kappa shape index (κ3) is 4.87. The number of hydrogen-bond acceptors (Lipinski definition) is 5. The monoisotopic (exact) mass is 395 g/mol. The largest absolute Gasteiger partial charge is 0.383 e. The molecule has 0 radical (unpaired) electrons. The van der Waals surface area contributed by atoms with Crippen molar-refractivity contribution >= 4 is 15.9 Å². The maximum Gasteiger partial charge on any atom is 0.251 e. The lowest BCUT2D eigenvalue weighted by Crippen LogP contribution is -2.53. The van der Waals surface area contributed by atoms with Crippen LogP contribution >= 0.6 is 0 Å². The highest BCUT2D eigenvalue weighted by Gasteiger charge is 2.40. The topological polar surface area (TPSA) is 111 Å². The SMILES string of the molecule is COCCNS(=O)(=O)c1cccc(C(=O)NC2C3CCCC2CC(N)C3)c1. The molecule has 3 rings (SSSR count). The molecule has 2 unspecified atom stereocenters. The molecule has 8 heteroatoms. The van der Waals surface area contributed by atoms with E-state index in [4.69, 9.17) is 10.5 Å². The van der Waals surface area contributed by atoms with E-state index in [1.54, 1.807) is 12.1 Å². The van der Waals surface area contributed by atoms with Crippen molar-refractivity contribution in [3.63, 3.8) is 0 Å². The van der Waals surface area contributed by atoms with Crippen LogP contribution in [0.1, 0.15) is 42.5 Å². The molecule has 0 aliphatic heterocycles. The van der Waals surface area contributed by atoms with E-state index >= 15 is 0 Å². The zero-order valence-electron chi connectivity index (χ0n) is 15.7. The summed E-state index contributed by atoms with van der Waals surface area (Å²) in [5.41, 5.74) is 6.51. The second-order valence-electron chi connectivity index (χ2n) is 7.60. The van der Waals surface area contributed by atoms with Gasteiger partial charge in [-0.2, -0.15) is 0 Å². The van der Waals surface area contributed by atoms with E-state index in [0.717, 1.165) is 25.7 Å². The van der Waals surface area contributed by atoms with Crippen molar-refractivity contribution in [1.82, 2.24) is 10.0 Å². The molecule has 0 heterocycles. The molecule has 2 aliphatic rings. The smallest absolute Gasteiger partial charge is 0.251 e. The van der Waals surface area contributed by atoms with Crippen LogP contribution in [0.15, 0.2) is 29.2 Å². The van der Waals surface area contributed by atoms with Gasteiger partial charge in [-0.05, 0) is 55.7 Å². The number of hydrogen-bond donors (Lipinski definition) is 3. The quantitative estimate of drug-likeness (QED) is 0.602. The highest BCUT2D eigenvalue weighted by atomic mass is 32.2. The van der Waals surface area contributed by atoms with Crippen LogP contribution in [0.3, 0.4) is 0 Å². The molecule has 4 N–H and O–H groups in total. The number of carbonyl (C=O) groups excluding carboxylic acids is 1. The van der Waals surface area contributed by atoms with E-state index in [0.29, 0.717) is 17.4 Å². The van der Waals surface area contributed by atoms with Gasteiger partial charge in [0, 0.05) is 31.3 Å². The summed E-state index contributed by atoms with van der Waals surface area (Å²) in [6.07, 6.45) is 5.26. The van der Waals surface area contributed by atoms with E-state index < -0.39 is 10.0 Å². The van der Waals surface area contributed by atoms with Crippen molar-refractivity contribution < 1.29 is 17.9 Å². The second-order valence-corrected chi connectivity index (χ2v) is 9.37. The van der Waals surface area contributed by atoms with Crippen LogP contribution in [-0.4, -0.2) is 46.7 Å². The van der Waals surface area contributed by atoms with Gasteiger partial charge >= 0.3 is 0 Å². The summed E-state index contributed by atoms with van der Waals surface area (Å²) in [4.78, 5) is 12.9. The highest BCUT2D eigenvalue weighted by Crippen LogP contribution is 2.39. The summed E-state index contributed by atoms with van der Waals surface area (Å²) in [5.74, 6) is 0.611. The Hall–Kier alpha value is -1.48. The predicted molar refractivity (Wildman–Crippen MR) is 103 cm³/mol. The summed E-state index contributed by atoms with van der Waals surface area (Å²) in [6, 6.07) is 6.51. The molecule has 7 nitrogen and oxygen atoms in total. The molecule has 27 heavy (non-hydrogen) atoms. The Morgan fingerprint density at radius 2 is 1.96 bits per heavy atom. The number of amides is 1. The van der Waals surface area contributed by atoms with Gasteiger partial charge < -0.3 is 15.8 Å². The molecule has 1 amide bonds. The first-order valence-electron chi connectivity index (χ1n) is 9.56. The molecular formula is C19H29N3O4S. The fourth-order valence-electron chi connectivity index (χ4n) is 4.43. The standard InChI is InChI=1S/C19H29N3O4S/c1-26-9-8-21-27(24,25)17-7-3-6-15(12-17)19(23)22-18-13-4-2-5-14(18)11-16(20)10-13/h3,6-7,12-14,16,18,21H,2,4-5,8-11,20H2,1H3,(H,22,23). The molecule has 0 spiro atoms. The third-order valence-corrected chi connectivity index (χ3v) is 7.14. The summed E-state index contributed by atoms with van der Waals surface area (Å²) >= 11 is 0. The Morgan fingerprint density at radius 1 is 1.26 bits per heavy atom. The van der Waals surface area contributed by atoms with Gasteiger partial charge in [0.1, 0.15) is 0 Å². The first kappa shape index (κ1) is 20.3. The zero-order valence-corrected chi connectivity index (χ0v) is 16.5. The van der Waals surface area contributed by atoms with Crippen LogP contribution in [-0.2, 0) is 14.8 Å². The molecule has 0 saturated heterocycles. The van der Waals surface area contributed by atoms with Crippen molar-refractivity contribution in [3.8, 4) is 0 Å². The Kier molecular flexibility index (Phi) is 6.52. The fraction of sp³-hybridized carbons (Fsp3) is 0.632. The molecule has 1 aromatic carbocycles. The predicted octanol–water partition coefficient (Wildman–Crippen LogP) is 1.25. The number of ether oxygens (including phenoxy) is 1. The number of benzene rings is 1. The number of fused-ring (bicyclic) bond motifs is 2. The minimum Gasteiger partial charge on any atom is -0.383 e. The minimum absolute atomic E-state index is 0.0807. The molecule has 150 valence electrons. The summed E-state index contributed by atoms with van der Waals surface area (Å²) in [5, 5.41) is 3.16. The van der Waals surface area contributed by atoms with Gasteiger partial charge in [0.25, 0.3) is 5.91 Å². The number of methoxy groups -OCH3 is 1. The Bertz CT molecular complexity index is 754. The number of carbonyl (C=O) groups is 1. The first-order valence-corrected chi connectivity index (χ1v) is 11.0. The van der Waals surface area contributed by atoms with Crippen LogP contribution < -0.4 is 15.8 Å². The average Bonchev–Trinajstić information content (AvgIpc) is 2.62. The molecule has 2 fully saturated rings. The van der Waals surface area contributed by atoms with Crippen LogP contribution in [0.25, 0.3) is 0 Å². The second kappa shape index (κ2) is 8.68. The van der Waals surface area contributed by atoms with Crippen LogP contribution in [0.4, 0.5) is 0 Å².